The fraction of sp³-hybridized carbons (Fsp3) is 0.625. The van der Waals surface area contributed by atoms with Gasteiger partial charge in [-0.2, -0.15) is 0 Å². The molecule has 1 aromatic rings. The Morgan fingerprint density at radius 2 is 2.10 bits per heavy atom. The van der Waals surface area contributed by atoms with Crippen molar-refractivity contribution in [3.63, 3.8) is 0 Å². The first-order chi connectivity index (χ1) is 9.79. The molecule has 0 radical (unpaired) electrons. The molecule has 2 rings (SSSR count). The zero-order valence-corrected chi connectivity index (χ0v) is 12.3. The smallest absolute Gasteiger partial charge is 0.119 e. The molecule has 4 nitrogen and oxygen atoms in total. The van der Waals surface area contributed by atoms with Gasteiger partial charge in [0.1, 0.15) is 5.75 Å². The van der Waals surface area contributed by atoms with Crippen molar-refractivity contribution in [3.05, 3.63) is 29.8 Å². The van der Waals surface area contributed by atoms with Gasteiger partial charge in [0.05, 0.1) is 13.2 Å². The molecule has 20 heavy (non-hydrogen) atoms. The molecule has 1 atom stereocenters. The molecule has 1 unspecified atom stereocenters. The van der Waals surface area contributed by atoms with Crippen molar-refractivity contribution in [2.75, 3.05) is 39.4 Å². The number of ether oxygens (including phenoxy) is 1. The van der Waals surface area contributed by atoms with Crippen LogP contribution in [0.2, 0.25) is 0 Å². The van der Waals surface area contributed by atoms with E-state index in [1.54, 1.807) is 0 Å². The Labute approximate surface area is 121 Å². The summed E-state index contributed by atoms with van der Waals surface area (Å²) in [4.78, 5) is 2.38. The summed E-state index contributed by atoms with van der Waals surface area (Å²) in [6.07, 6.45) is 2.16. The third-order valence-corrected chi connectivity index (χ3v) is 3.81. The van der Waals surface area contributed by atoms with E-state index in [0.29, 0.717) is 0 Å². The van der Waals surface area contributed by atoms with Crippen molar-refractivity contribution >= 4 is 0 Å². The number of nitrogens with one attached hydrogen (secondary N) is 1. The molecule has 1 aromatic carbocycles. The first-order valence-corrected chi connectivity index (χ1v) is 7.54. The molecule has 0 spiro atoms. The van der Waals surface area contributed by atoms with Gasteiger partial charge in [-0.15, -0.1) is 0 Å². The summed E-state index contributed by atoms with van der Waals surface area (Å²) >= 11 is 0. The van der Waals surface area contributed by atoms with Crippen molar-refractivity contribution in [1.82, 2.24) is 10.2 Å². The Kier molecular flexibility index (Phi) is 6.30. The van der Waals surface area contributed by atoms with Crippen LogP contribution in [0.3, 0.4) is 0 Å². The van der Waals surface area contributed by atoms with Gasteiger partial charge in [-0.3, -0.25) is 4.90 Å². The van der Waals surface area contributed by atoms with Gasteiger partial charge in [0.15, 0.2) is 0 Å². The number of hydrogen-bond acceptors (Lipinski definition) is 4. The van der Waals surface area contributed by atoms with Gasteiger partial charge >= 0.3 is 0 Å². The quantitative estimate of drug-likeness (QED) is 0.741. The van der Waals surface area contributed by atoms with Crippen LogP contribution in [0.25, 0.3) is 0 Å². The standard InChI is InChI=1S/C16H26N2O2/c1-14-4-6-16(7-5-14)20-11-3-2-9-18-10-8-17-12-15(18)13-19/h4-7,15,17,19H,2-3,8-13H2,1H3. The van der Waals surface area contributed by atoms with Crippen molar-refractivity contribution < 1.29 is 9.84 Å². The van der Waals surface area contributed by atoms with E-state index in [4.69, 9.17) is 4.74 Å². The highest BCUT2D eigenvalue weighted by Crippen LogP contribution is 2.12. The number of aliphatic hydroxyl groups excluding tert-OH is 1. The van der Waals surface area contributed by atoms with Crippen LogP contribution in [0.15, 0.2) is 24.3 Å². The molecule has 0 saturated carbocycles. The Balaban J connectivity index is 1.60. The number of aryl methyl sites for hydroxylation is 1. The van der Waals surface area contributed by atoms with E-state index >= 15 is 0 Å². The normalized spacial score (nSPS) is 20.0. The Morgan fingerprint density at radius 3 is 2.85 bits per heavy atom. The lowest BCUT2D eigenvalue weighted by Crippen LogP contribution is -2.53. The maximum Gasteiger partial charge on any atom is 0.119 e. The van der Waals surface area contributed by atoms with Crippen LogP contribution in [0.5, 0.6) is 5.75 Å². The summed E-state index contributed by atoms with van der Waals surface area (Å²) in [6, 6.07) is 8.46. The molecule has 4 heteroatoms. The van der Waals surface area contributed by atoms with Crippen LogP contribution in [0.1, 0.15) is 18.4 Å². The lowest BCUT2D eigenvalue weighted by atomic mass is 10.2. The summed E-state index contributed by atoms with van der Waals surface area (Å²) in [5.74, 6) is 0.950. The summed E-state index contributed by atoms with van der Waals surface area (Å²) in [7, 11) is 0. The third kappa shape index (κ3) is 4.78. The predicted octanol–water partition coefficient (Wildman–Crippen LogP) is 1.42. The average molecular weight is 278 g/mol. The lowest BCUT2D eigenvalue weighted by Gasteiger charge is -2.35. The first-order valence-electron chi connectivity index (χ1n) is 7.54. The molecule has 0 aromatic heterocycles. The van der Waals surface area contributed by atoms with Gasteiger partial charge in [-0.1, -0.05) is 17.7 Å². The largest absolute Gasteiger partial charge is 0.494 e. The Bertz CT molecular complexity index is 381. The minimum absolute atomic E-state index is 0.243. The highest BCUT2D eigenvalue weighted by molar-refractivity contribution is 5.26. The molecular formula is C16H26N2O2. The van der Waals surface area contributed by atoms with E-state index < -0.39 is 0 Å². The zero-order valence-electron chi connectivity index (χ0n) is 12.3. The monoisotopic (exact) mass is 278 g/mol. The number of unbranched alkanes of at least 4 members (excludes halogenated alkanes) is 1. The Hall–Kier alpha value is -1.10. The fourth-order valence-electron chi connectivity index (χ4n) is 2.52. The number of aliphatic hydroxyl groups is 1. The SMILES string of the molecule is Cc1ccc(OCCCCN2CCNCC2CO)cc1. The molecule has 0 bridgehead atoms. The van der Waals surface area contributed by atoms with Gasteiger partial charge in [0.2, 0.25) is 0 Å². The maximum absolute atomic E-state index is 9.33. The highest BCUT2D eigenvalue weighted by atomic mass is 16.5. The van der Waals surface area contributed by atoms with Crippen LogP contribution in [0.4, 0.5) is 0 Å². The summed E-state index contributed by atoms with van der Waals surface area (Å²) in [5.41, 5.74) is 1.26. The molecule has 1 fully saturated rings. The number of rotatable bonds is 7. The van der Waals surface area contributed by atoms with Crippen LogP contribution in [-0.2, 0) is 0 Å². The van der Waals surface area contributed by atoms with Crippen molar-refractivity contribution in [3.8, 4) is 5.75 Å². The zero-order chi connectivity index (χ0) is 14.2. The number of benzene rings is 1. The molecular weight excluding hydrogens is 252 g/mol. The van der Waals surface area contributed by atoms with E-state index in [0.717, 1.165) is 51.4 Å². The Morgan fingerprint density at radius 1 is 1.30 bits per heavy atom. The summed E-state index contributed by atoms with van der Waals surface area (Å²) < 4.78 is 5.72. The van der Waals surface area contributed by atoms with Gasteiger partial charge in [-0.25, -0.2) is 0 Å². The van der Waals surface area contributed by atoms with E-state index in [1.807, 2.05) is 12.1 Å². The predicted molar refractivity (Wildman–Crippen MR) is 81.2 cm³/mol. The second kappa shape index (κ2) is 8.25. The molecule has 0 amide bonds. The minimum atomic E-state index is 0.243. The number of hydrogen-bond donors (Lipinski definition) is 2. The summed E-state index contributed by atoms with van der Waals surface area (Å²) in [5, 5.41) is 12.6. The maximum atomic E-state index is 9.33. The lowest BCUT2D eigenvalue weighted by molar-refractivity contribution is 0.0978. The van der Waals surface area contributed by atoms with Crippen molar-refractivity contribution in [2.45, 2.75) is 25.8 Å². The van der Waals surface area contributed by atoms with Gasteiger partial charge < -0.3 is 15.2 Å². The number of piperazine rings is 1. The molecule has 1 saturated heterocycles. The van der Waals surface area contributed by atoms with Crippen LogP contribution >= 0.6 is 0 Å². The van der Waals surface area contributed by atoms with E-state index in [1.165, 1.54) is 5.56 Å². The van der Waals surface area contributed by atoms with Crippen LogP contribution < -0.4 is 10.1 Å². The molecule has 0 aliphatic carbocycles. The highest BCUT2D eigenvalue weighted by Gasteiger charge is 2.20. The molecule has 112 valence electrons. The second-order valence-electron chi connectivity index (χ2n) is 5.45. The minimum Gasteiger partial charge on any atom is -0.494 e. The van der Waals surface area contributed by atoms with E-state index in [9.17, 15) is 5.11 Å². The topological polar surface area (TPSA) is 44.7 Å². The molecule has 2 N–H and O–H groups in total. The first kappa shape index (κ1) is 15.3. The van der Waals surface area contributed by atoms with Crippen molar-refractivity contribution in [1.29, 1.82) is 0 Å². The summed E-state index contributed by atoms with van der Waals surface area (Å²) in [6.45, 7) is 7.08. The molecule has 1 aliphatic heterocycles. The van der Waals surface area contributed by atoms with Gasteiger partial charge in [0.25, 0.3) is 0 Å². The second-order valence-corrected chi connectivity index (χ2v) is 5.45. The van der Waals surface area contributed by atoms with Crippen molar-refractivity contribution in [2.24, 2.45) is 0 Å². The van der Waals surface area contributed by atoms with Crippen LogP contribution in [0, 0.1) is 6.92 Å². The fourth-order valence-corrected chi connectivity index (χ4v) is 2.52. The van der Waals surface area contributed by atoms with Gasteiger partial charge in [0, 0.05) is 25.7 Å². The van der Waals surface area contributed by atoms with Crippen LogP contribution in [-0.4, -0.2) is 55.4 Å². The average Bonchev–Trinajstić information content (AvgIpc) is 2.49. The number of nitrogens with zero attached hydrogens (tertiary/aromatic N) is 1. The molecule has 1 aliphatic rings. The van der Waals surface area contributed by atoms with E-state index in [2.05, 4.69) is 29.3 Å². The third-order valence-electron chi connectivity index (χ3n) is 3.81. The van der Waals surface area contributed by atoms with Gasteiger partial charge in [-0.05, 0) is 38.4 Å². The van der Waals surface area contributed by atoms with E-state index in [-0.39, 0.29) is 12.6 Å². The molecule has 1 heterocycles.